The summed E-state index contributed by atoms with van der Waals surface area (Å²) >= 11 is 4.79. The standard InChI is InChI=1S/C17H14BrN3O3S/c1-10(24-13-4-2-3-12(18)8-13)16(22)20-21-17(23)11-5-6-14-15(7-11)25-9-19-14/h2-10H,1H3,(H,20,22)(H,21,23). The second-order valence-corrected chi connectivity index (χ2v) is 7.00. The Morgan fingerprint density at radius 3 is 2.84 bits per heavy atom. The highest BCUT2D eigenvalue weighted by Gasteiger charge is 2.16. The van der Waals surface area contributed by atoms with Crippen LogP contribution in [0.5, 0.6) is 5.75 Å². The second-order valence-electron chi connectivity index (χ2n) is 5.20. The lowest BCUT2D eigenvalue weighted by Crippen LogP contribution is -2.47. The molecule has 1 aromatic heterocycles. The van der Waals surface area contributed by atoms with Crippen molar-refractivity contribution in [2.45, 2.75) is 13.0 Å². The lowest BCUT2D eigenvalue weighted by molar-refractivity contribution is -0.128. The zero-order chi connectivity index (χ0) is 17.8. The van der Waals surface area contributed by atoms with Crippen molar-refractivity contribution in [3.05, 3.63) is 58.0 Å². The van der Waals surface area contributed by atoms with Crippen LogP contribution in [0.25, 0.3) is 10.2 Å². The minimum absolute atomic E-state index is 0.404. The van der Waals surface area contributed by atoms with Gasteiger partial charge in [-0.1, -0.05) is 22.0 Å². The average Bonchev–Trinajstić information content (AvgIpc) is 3.07. The predicted molar refractivity (Wildman–Crippen MR) is 99.5 cm³/mol. The van der Waals surface area contributed by atoms with Gasteiger partial charge in [0.05, 0.1) is 15.7 Å². The van der Waals surface area contributed by atoms with Gasteiger partial charge in [-0.3, -0.25) is 20.4 Å². The molecule has 0 radical (unpaired) electrons. The van der Waals surface area contributed by atoms with Crippen molar-refractivity contribution in [3.8, 4) is 5.75 Å². The van der Waals surface area contributed by atoms with Crippen molar-refractivity contribution < 1.29 is 14.3 Å². The maximum Gasteiger partial charge on any atom is 0.279 e. The van der Waals surface area contributed by atoms with Gasteiger partial charge in [-0.05, 0) is 43.3 Å². The molecule has 1 unspecified atom stereocenters. The Hall–Kier alpha value is -2.45. The first-order chi connectivity index (χ1) is 12.0. The van der Waals surface area contributed by atoms with Gasteiger partial charge >= 0.3 is 0 Å². The quantitative estimate of drug-likeness (QED) is 0.635. The van der Waals surface area contributed by atoms with E-state index in [4.69, 9.17) is 4.74 Å². The fraction of sp³-hybridized carbons (Fsp3) is 0.118. The molecule has 0 aliphatic carbocycles. The smallest absolute Gasteiger partial charge is 0.279 e. The molecule has 0 bridgehead atoms. The van der Waals surface area contributed by atoms with Crippen LogP contribution in [0.2, 0.25) is 0 Å². The van der Waals surface area contributed by atoms with E-state index in [1.165, 1.54) is 11.3 Å². The minimum atomic E-state index is -0.765. The summed E-state index contributed by atoms with van der Waals surface area (Å²) in [5.74, 6) is -0.301. The van der Waals surface area contributed by atoms with Crippen molar-refractivity contribution in [2.75, 3.05) is 0 Å². The first-order valence-corrected chi connectivity index (χ1v) is 9.06. The van der Waals surface area contributed by atoms with E-state index in [0.717, 1.165) is 14.7 Å². The molecule has 3 rings (SSSR count). The summed E-state index contributed by atoms with van der Waals surface area (Å²) in [6.07, 6.45) is -0.765. The average molecular weight is 420 g/mol. The topological polar surface area (TPSA) is 80.3 Å². The fourth-order valence-corrected chi connectivity index (χ4v) is 3.18. The van der Waals surface area contributed by atoms with Crippen LogP contribution in [0.3, 0.4) is 0 Å². The van der Waals surface area contributed by atoms with Crippen LogP contribution in [0.4, 0.5) is 0 Å². The van der Waals surface area contributed by atoms with Gasteiger partial charge in [-0.15, -0.1) is 11.3 Å². The van der Waals surface area contributed by atoms with Gasteiger partial charge in [-0.25, -0.2) is 4.98 Å². The van der Waals surface area contributed by atoms with Crippen molar-refractivity contribution in [1.82, 2.24) is 15.8 Å². The van der Waals surface area contributed by atoms with Gasteiger partial charge in [0, 0.05) is 10.0 Å². The number of fused-ring (bicyclic) bond motifs is 1. The highest BCUT2D eigenvalue weighted by Crippen LogP contribution is 2.19. The number of nitrogens with zero attached hydrogens (tertiary/aromatic N) is 1. The zero-order valence-corrected chi connectivity index (χ0v) is 15.6. The molecule has 6 nitrogen and oxygen atoms in total. The number of amides is 2. The normalized spacial score (nSPS) is 11.8. The van der Waals surface area contributed by atoms with Crippen LogP contribution in [0.15, 0.2) is 52.4 Å². The van der Waals surface area contributed by atoms with Gasteiger partial charge in [0.2, 0.25) is 0 Å². The third kappa shape index (κ3) is 4.34. The number of aromatic nitrogens is 1. The highest BCUT2D eigenvalue weighted by atomic mass is 79.9. The Morgan fingerprint density at radius 2 is 2.04 bits per heavy atom. The Bertz CT molecular complexity index is 928. The van der Waals surface area contributed by atoms with Gasteiger partial charge in [0.25, 0.3) is 11.8 Å². The summed E-state index contributed by atoms with van der Waals surface area (Å²) < 4.78 is 7.30. The van der Waals surface area contributed by atoms with Crippen LogP contribution < -0.4 is 15.6 Å². The number of nitrogens with one attached hydrogen (secondary N) is 2. The Labute approximate surface area is 156 Å². The number of rotatable bonds is 4. The third-order valence-electron chi connectivity index (χ3n) is 3.37. The van der Waals surface area contributed by atoms with E-state index in [2.05, 4.69) is 31.8 Å². The molecule has 0 saturated carbocycles. The van der Waals surface area contributed by atoms with E-state index < -0.39 is 17.9 Å². The van der Waals surface area contributed by atoms with E-state index in [0.29, 0.717) is 11.3 Å². The molecule has 2 amide bonds. The number of ether oxygens (including phenoxy) is 1. The molecule has 1 atom stereocenters. The van der Waals surface area contributed by atoms with Crippen LogP contribution in [0.1, 0.15) is 17.3 Å². The van der Waals surface area contributed by atoms with Crippen LogP contribution in [-0.2, 0) is 4.79 Å². The monoisotopic (exact) mass is 419 g/mol. The predicted octanol–water partition coefficient (Wildman–Crippen LogP) is 3.29. The SMILES string of the molecule is CC(Oc1cccc(Br)c1)C(=O)NNC(=O)c1ccc2ncsc2c1. The number of thiazole rings is 1. The zero-order valence-electron chi connectivity index (χ0n) is 13.2. The highest BCUT2D eigenvalue weighted by molar-refractivity contribution is 9.10. The maximum absolute atomic E-state index is 12.2. The molecule has 0 aliphatic heterocycles. The molecule has 128 valence electrons. The summed E-state index contributed by atoms with van der Waals surface area (Å²) in [5, 5.41) is 0. The summed E-state index contributed by atoms with van der Waals surface area (Å²) in [6.45, 7) is 1.60. The summed E-state index contributed by atoms with van der Waals surface area (Å²) in [6, 6.07) is 12.3. The summed E-state index contributed by atoms with van der Waals surface area (Å²) in [7, 11) is 0. The first kappa shape index (κ1) is 17.4. The lowest BCUT2D eigenvalue weighted by Gasteiger charge is -2.15. The molecular weight excluding hydrogens is 406 g/mol. The largest absolute Gasteiger partial charge is 0.481 e. The Morgan fingerprint density at radius 1 is 1.20 bits per heavy atom. The van der Waals surface area contributed by atoms with Crippen molar-refractivity contribution >= 4 is 49.3 Å². The number of hydrogen-bond acceptors (Lipinski definition) is 5. The number of halogens is 1. The van der Waals surface area contributed by atoms with Gasteiger partial charge in [0.15, 0.2) is 6.10 Å². The van der Waals surface area contributed by atoms with Crippen LogP contribution >= 0.6 is 27.3 Å². The van der Waals surface area contributed by atoms with Crippen LogP contribution in [0, 0.1) is 0 Å². The molecule has 0 saturated heterocycles. The third-order valence-corrected chi connectivity index (χ3v) is 4.66. The van der Waals surface area contributed by atoms with Gasteiger partial charge < -0.3 is 4.74 Å². The Kier molecular flexibility index (Phi) is 5.30. The molecule has 3 aromatic rings. The van der Waals surface area contributed by atoms with Gasteiger partial charge in [-0.2, -0.15) is 0 Å². The second kappa shape index (κ2) is 7.62. The molecule has 25 heavy (non-hydrogen) atoms. The molecular formula is C17H14BrN3O3S. The van der Waals surface area contributed by atoms with E-state index >= 15 is 0 Å². The molecule has 2 N–H and O–H groups in total. The van der Waals surface area contributed by atoms with Crippen molar-refractivity contribution in [2.24, 2.45) is 0 Å². The number of hydrazine groups is 1. The fourth-order valence-electron chi connectivity index (χ4n) is 2.09. The van der Waals surface area contributed by atoms with Gasteiger partial charge in [0.1, 0.15) is 5.75 Å². The maximum atomic E-state index is 12.2. The van der Waals surface area contributed by atoms with E-state index in [-0.39, 0.29) is 0 Å². The molecule has 0 aliphatic rings. The first-order valence-electron chi connectivity index (χ1n) is 7.38. The number of carbonyl (C=O) groups excluding carboxylic acids is 2. The van der Waals surface area contributed by atoms with E-state index in [1.54, 1.807) is 48.8 Å². The van der Waals surface area contributed by atoms with Crippen molar-refractivity contribution in [1.29, 1.82) is 0 Å². The van der Waals surface area contributed by atoms with Crippen LogP contribution in [-0.4, -0.2) is 22.9 Å². The molecule has 0 spiro atoms. The molecule has 8 heteroatoms. The van der Waals surface area contributed by atoms with E-state index in [1.807, 2.05) is 6.07 Å². The lowest BCUT2D eigenvalue weighted by atomic mass is 10.2. The number of hydrogen-bond donors (Lipinski definition) is 2. The number of carbonyl (C=O) groups is 2. The minimum Gasteiger partial charge on any atom is -0.481 e. The molecule has 2 aromatic carbocycles. The van der Waals surface area contributed by atoms with Crippen molar-refractivity contribution in [3.63, 3.8) is 0 Å². The van der Waals surface area contributed by atoms with E-state index in [9.17, 15) is 9.59 Å². The summed E-state index contributed by atoms with van der Waals surface area (Å²) in [5.41, 5.74) is 7.75. The molecule has 1 heterocycles. The Balaban J connectivity index is 1.56. The summed E-state index contributed by atoms with van der Waals surface area (Å²) in [4.78, 5) is 28.4. The molecule has 0 fully saturated rings. The number of benzene rings is 2.